The van der Waals surface area contributed by atoms with Crippen LogP contribution in [0.15, 0.2) is 43.1 Å². The van der Waals surface area contributed by atoms with Crippen LogP contribution < -0.4 is 11.5 Å². The SMILES string of the molecule is C=Cc1c(-c2ccc(N)cc2)ccnc1N. The number of nitrogen functional groups attached to an aromatic ring is 2. The van der Waals surface area contributed by atoms with E-state index in [2.05, 4.69) is 11.6 Å². The number of nitrogens with two attached hydrogens (primary N) is 2. The molecule has 0 atom stereocenters. The molecule has 2 aromatic rings. The lowest BCUT2D eigenvalue weighted by molar-refractivity contribution is 1.33. The molecule has 0 aliphatic carbocycles. The Hall–Kier alpha value is -2.29. The first kappa shape index (κ1) is 10.2. The van der Waals surface area contributed by atoms with Gasteiger partial charge in [0.05, 0.1) is 0 Å². The third-order valence-electron chi connectivity index (χ3n) is 2.45. The molecule has 16 heavy (non-hydrogen) atoms. The molecule has 0 aliphatic rings. The van der Waals surface area contributed by atoms with Crippen LogP contribution >= 0.6 is 0 Å². The number of nitrogens with zero attached hydrogens (tertiary/aromatic N) is 1. The van der Waals surface area contributed by atoms with E-state index in [-0.39, 0.29) is 0 Å². The van der Waals surface area contributed by atoms with Gasteiger partial charge in [0, 0.05) is 17.4 Å². The Morgan fingerprint density at radius 2 is 1.75 bits per heavy atom. The smallest absolute Gasteiger partial charge is 0.131 e. The van der Waals surface area contributed by atoms with E-state index in [1.165, 1.54) is 0 Å². The van der Waals surface area contributed by atoms with Crippen molar-refractivity contribution >= 4 is 17.6 Å². The summed E-state index contributed by atoms with van der Waals surface area (Å²) in [7, 11) is 0. The highest BCUT2D eigenvalue weighted by Gasteiger charge is 2.05. The highest BCUT2D eigenvalue weighted by Crippen LogP contribution is 2.27. The molecule has 1 heterocycles. The van der Waals surface area contributed by atoms with Gasteiger partial charge in [-0.2, -0.15) is 0 Å². The lowest BCUT2D eigenvalue weighted by Gasteiger charge is -2.08. The van der Waals surface area contributed by atoms with Gasteiger partial charge in [0.25, 0.3) is 0 Å². The number of aromatic nitrogens is 1. The topological polar surface area (TPSA) is 64.9 Å². The number of anilines is 2. The summed E-state index contributed by atoms with van der Waals surface area (Å²) in [6.07, 6.45) is 3.40. The van der Waals surface area contributed by atoms with Crippen molar-refractivity contribution < 1.29 is 0 Å². The van der Waals surface area contributed by atoms with Crippen LogP contribution in [-0.4, -0.2) is 4.98 Å². The average Bonchev–Trinajstić information content (AvgIpc) is 2.30. The number of hydrogen-bond donors (Lipinski definition) is 2. The first-order valence-corrected chi connectivity index (χ1v) is 4.95. The average molecular weight is 211 g/mol. The fourth-order valence-corrected chi connectivity index (χ4v) is 1.62. The molecule has 4 N–H and O–H groups in total. The van der Waals surface area contributed by atoms with Gasteiger partial charge in [0.1, 0.15) is 5.82 Å². The molecule has 1 aromatic carbocycles. The Morgan fingerprint density at radius 3 is 2.38 bits per heavy atom. The van der Waals surface area contributed by atoms with Gasteiger partial charge in [-0.25, -0.2) is 4.98 Å². The van der Waals surface area contributed by atoms with E-state index >= 15 is 0 Å². The van der Waals surface area contributed by atoms with Crippen molar-refractivity contribution in [3.63, 3.8) is 0 Å². The van der Waals surface area contributed by atoms with E-state index in [4.69, 9.17) is 11.5 Å². The summed E-state index contributed by atoms with van der Waals surface area (Å²) in [5, 5.41) is 0. The van der Waals surface area contributed by atoms with Gasteiger partial charge in [-0.1, -0.05) is 24.8 Å². The molecule has 0 aliphatic heterocycles. The quantitative estimate of drug-likeness (QED) is 0.750. The second-order valence-electron chi connectivity index (χ2n) is 3.48. The molecular weight excluding hydrogens is 198 g/mol. The highest BCUT2D eigenvalue weighted by molar-refractivity contribution is 5.80. The van der Waals surface area contributed by atoms with Crippen molar-refractivity contribution in [3.05, 3.63) is 48.7 Å². The molecule has 2 rings (SSSR count). The van der Waals surface area contributed by atoms with E-state index in [9.17, 15) is 0 Å². The predicted molar refractivity (Wildman–Crippen MR) is 68.6 cm³/mol. The van der Waals surface area contributed by atoms with E-state index in [0.29, 0.717) is 5.82 Å². The van der Waals surface area contributed by atoms with Crippen molar-refractivity contribution in [3.8, 4) is 11.1 Å². The molecule has 3 heteroatoms. The fourth-order valence-electron chi connectivity index (χ4n) is 1.62. The molecule has 1 aromatic heterocycles. The first-order chi connectivity index (χ1) is 7.72. The summed E-state index contributed by atoms with van der Waals surface area (Å²) in [5.41, 5.74) is 15.1. The molecule has 0 radical (unpaired) electrons. The normalized spacial score (nSPS) is 10.0. The fraction of sp³-hybridized carbons (Fsp3) is 0. The summed E-state index contributed by atoms with van der Waals surface area (Å²) >= 11 is 0. The van der Waals surface area contributed by atoms with Gasteiger partial charge in [0.2, 0.25) is 0 Å². The molecule has 0 saturated carbocycles. The number of hydrogen-bond acceptors (Lipinski definition) is 3. The Kier molecular flexibility index (Phi) is 2.60. The summed E-state index contributed by atoms with van der Waals surface area (Å²) in [6.45, 7) is 3.75. The monoisotopic (exact) mass is 211 g/mol. The van der Waals surface area contributed by atoms with E-state index in [0.717, 1.165) is 22.4 Å². The van der Waals surface area contributed by atoms with Crippen molar-refractivity contribution in [2.75, 3.05) is 11.5 Å². The largest absolute Gasteiger partial charge is 0.399 e. The maximum absolute atomic E-state index is 5.79. The molecule has 0 amide bonds. The molecule has 0 bridgehead atoms. The third kappa shape index (κ3) is 1.75. The molecule has 0 saturated heterocycles. The lowest BCUT2D eigenvalue weighted by atomic mass is 10.0. The summed E-state index contributed by atoms with van der Waals surface area (Å²) in [6, 6.07) is 9.55. The zero-order chi connectivity index (χ0) is 11.5. The summed E-state index contributed by atoms with van der Waals surface area (Å²) in [4.78, 5) is 4.04. The minimum atomic E-state index is 0.490. The van der Waals surface area contributed by atoms with Crippen LogP contribution in [0.2, 0.25) is 0 Å². The van der Waals surface area contributed by atoms with Gasteiger partial charge < -0.3 is 11.5 Å². The number of benzene rings is 1. The van der Waals surface area contributed by atoms with Crippen LogP contribution in [0.1, 0.15) is 5.56 Å². The maximum atomic E-state index is 5.79. The molecule has 0 unspecified atom stereocenters. The Morgan fingerprint density at radius 1 is 1.06 bits per heavy atom. The van der Waals surface area contributed by atoms with Crippen LogP contribution in [0.3, 0.4) is 0 Å². The molecule has 0 fully saturated rings. The Balaban J connectivity index is 2.59. The minimum absolute atomic E-state index is 0.490. The highest BCUT2D eigenvalue weighted by atomic mass is 14.8. The van der Waals surface area contributed by atoms with Gasteiger partial charge >= 0.3 is 0 Å². The molecule has 0 spiro atoms. The first-order valence-electron chi connectivity index (χ1n) is 4.95. The number of rotatable bonds is 2. The van der Waals surface area contributed by atoms with Gasteiger partial charge in [-0.3, -0.25) is 0 Å². The zero-order valence-electron chi connectivity index (χ0n) is 8.85. The maximum Gasteiger partial charge on any atom is 0.131 e. The number of pyridine rings is 1. The van der Waals surface area contributed by atoms with Crippen LogP contribution in [0.25, 0.3) is 17.2 Å². The van der Waals surface area contributed by atoms with Crippen LogP contribution in [0.5, 0.6) is 0 Å². The second kappa shape index (κ2) is 4.06. The lowest BCUT2D eigenvalue weighted by Crippen LogP contribution is -1.95. The van der Waals surface area contributed by atoms with Crippen molar-refractivity contribution in [2.45, 2.75) is 0 Å². The zero-order valence-corrected chi connectivity index (χ0v) is 8.85. The second-order valence-corrected chi connectivity index (χ2v) is 3.48. The third-order valence-corrected chi connectivity index (χ3v) is 2.45. The van der Waals surface area contributed by atoms with Crippen LogP contribution in [-0.2, 0) is 0 Å². The van der Waals surface area contributed by atoms with Gasteiger partial charge in [-0.05, 0) is 29.3 Å². The van der Waals surface area contributed by atoms with E-state index in [1.807, 2.05) is 30.3 Å². The molecule has 80 valence electrons. The van der Waals surface area contributed by atoms with Crippen molar-refractivity contribution in [1.82, 2.24) is 4.98 Å². The standard InChI is InChI=1S/C13H13N3/c1-2-11-12(7-8-16-13(11)15)9-3-5-10(14)6-4-9/h2-8H,1,14H2,(H2,15,16). The van der Waals surface area contributed by atoms with E-state index < -0.39 is 0 Å². The molecule has 3 nitrogen and oxygen atoms in total. The van der Waals surface area contributed by atoms with Gasteiger partial charge in [0.15, 0.2) is 0 Å². The Labute approximate surface area is 94.4 Å². The van der Waals surface area contributed by atoms with Crippen LogP contribution in [0.4, 0.5) is 11.5 Å². The minimum Gasteiger partial charge on any atom is -0.399 e. The summed E-state index contributed by atoms with van der Waals surface area (Å²) in [5.74, 6) is 0.490. The van der Waals surface area contributed by atoms with Crippen molar-refractivity contribution in [1.29, 1.82) is 0 Å². The predicted octanol–water partition coefficient (Wildman–Crippen LogP) is 2.56. The van der Waals surface area contributed by atoms with E-state index in [1.54, 1.807) is 12.3 Å². The molecular formula is C13H13N3. The van der Waals surface area contributed by atoms with Crippen molar-refractivity contribution in [2.24, 2.45) is 0 Å². The Bertz CT molecular complexity index is 515. The van der Waals surface area contributed by atoms with Gasteiger partial charge in [-0.15, -0.1) is 0 Å². The van der Waals surface area contributed by atoms with Crippen LogP contribution in [0, 0.1) is 0 Å². The summed E-state index contributed by atoms with van der Waals surface area (Å²) < 4.78 is 0.